The van der Waals surface area contributed by atoms with Crippen LogP contribution < -0.4 is 10.1 Å². The van der Waals surface area contributed by atoms with Crippen molar-refractivity contribution < 1.29 is 4.74 Å². The van der Waals surface area contributed by atoms with Crippen molar-refractivity contribution in [2.45, 2.75) is 33.1 Å². The lowest BCUT2D eigenvalue weighted by molar-refractivity contribution is 0.410. The minimum Gasteiger partial charge on any atom is -0.496 e. The summed E-state index contributed by atoms with van der Waals surface area (Å²) in [5.74, 6) is 2.03. The number of hydrogen-bond donors (Lipinski definition) is 1. The van der Waals surface area contributed by atoms with E-state index in [-0.39, 0.29) is 0 Å². The van der Waals surface area contributed by atoms with E-state index < -0.39 is 0 Å². The molecule has 0 aliphatic rings. The Kier molecular flexibility index (Phi) is 5.14. The van der Waals surface area contributed by atoms with Gasteiger partial charge in [0.15, 0.2) is 0 Å². The molecule has 0 fully saturated rings. The molecule has 0 atom stereocenters. The quantitative estimate of drug-likeness (QED) is 0.881. The molecule has 1 N–H and O–H groups in total. The van der Waals surface area contributed by atoms with Gasteiger partial charge in [-0.1, -0.05) is 32.0 Å². The molecular formula is C17H23N3O. The summed E-state index contributed by atoms with van der Waals surface area (Å²) in [6.07, 6.45) is 0.873. The van der Waals surface area contributed by atoms with E-state index >= 15 is 0 Å². The first-order valence-corrected chi connectivity index (χ1v) is 7.31. The lowest BCUT2D eigenvalue weighted by Crippen LogP contribution is -2.10. The third kappa shape index (κ3) is 4.18. The average molecular weight is 285 g/mol. The van der Waals surface area contributed by atoms with Crippen molar-refractivity contribution in [2.75, 3.05) is 19.0 Å². The lowest BCUT2D eigenvalue weighted by atomic mass is 10.1. The van der Waals surface area contributed by atoms with Crippen LogP contribution >= 0.6 is 0 Å². The molecule has 0 bridgehead atoms. The third-order valence-corrected chi connectivity index (χ3v) is 3.34. The van der Waals surface area contributed by atoms with Gasteiger partial charge in [0.1, 0.15) is 5.75 Å². The summed E-state index contributed by atoms with van der Waals surface area (Å²) in [4.78, 5) is 8.99. The van der Waals surface area contributed by atoms with Gasteiger partial charge in [-0.15, -0.1) is 0 Å². The Morgan fingerprint density at radius 3 is 2.67 bits per heavy atom. The molecule has 0 amide bonds. The number of aromatic nitrogens is 2. The van der Waals surface area contributed by atoms with Crippen LogP contribution in [0.15, 0.2) is 30.3 Å². The molecule has 1 aromatic carbocycles. The Hall–Kier alpha value is -2.10. The van der Waals surface area contributed by atoms with Gasteiger partial charge in [0.25, 0.3) is 0 Å². The van der Waals surface area contributed by atoms with E-state index in [2.05, 4.69) is 35.2 Å². The highest BCUT2D eigenvalue weighted by Gasteiger charge is 2.06. The van der Waals surface area contributed by atoms with Crippen LogP contribution in [0.5, 0.6) is 5.75 Å². The van der Waals surface area contributed by atoms with E-state index in [9.17, 15) is 0 Å². The van der Waals surface area contributed by atoms with Gasteiger partial charge < -0.3 is 10.1 Å². The average Bonchev–Trinajstić information content (AvgIpc) is 2.47. The van der Waals surface area contributed by atoms with E-state index in [1.165, 1.54) is 5.56 Å². The summed E-state index contributed by atoms with van der Waals surface area (Å²) in [7, 11) is 1.70. The van der Waals surface area contributed by atoms with E-state index in [1.807, 2.05) is 31.2 Å². The van der Waals surface area contributed by atoms with Crippen LogP contribution in [-0.2, 0) is 6.42 Å². The van der Waals surface area contributed by atoms with Crippen LogP contribution in [0.3, 0.4) is 0 Å². The number of rotatable bonds is 6. The molecule has 21 heavy (non-hydrogen) atoms. The third-order valence-electron chi connectivity index (χ3n) is 3.34. The molecule has 2 rings (SSSR count). The molecule has 0 saturated heterocycles. The van der Waals surface area contributed by atoms with Crippen molar-refractivity contribution in [1.82, 2.24) is 9.97 Å². The van der Waals surface area contributed by atoms with Crippen LogP contribution in [-0.4, -0.2) is 23.6 Å². The Balaban J connectivity index is 2.00. The molecule has 4 heteroatoms. The molecule has 112 valence electrons. The van der Waals surface area contributed by atoms with Crippen molar-refractivity contribution in [3.63, 3.8) is 0 Å². The van der Waals surface area contributed by atoms with E-state index in [1.54, 1.807) is 7.11 Å². The van der Waals surface area contributed by atoms with Gasteiger partial charge in [-0.05, 0) is 37.0 Å². The predicted octanol–water partition coefficient (Wildman–Crippen LogP) is 3.57. The van der Waals surface area contributed by atoms with Gasteiger partial charge in [-0.2, -0.15) is 0 Å². The van der Waals surface area contributed by atoms with Gasteiger partial charge >= 0.3 is 0 Å². The Bertz CT molecular complexity index is 596. The fourth-order valence-electron chi connectivity index (χ4n) is 2.19. The van der Waals surface area contributed by atoms with Crippen LogP contribution in [0, 0.1) is 6.92 Å². The molecule has 1 aromatic heterocycles. The minimum atomic E-state index is 0.404. The van der Waals surface area contributed by atoms with Crippen LogP contribution in [0.2, 0.25) is 0 Å². The van der Waals surface area contributed by atoms with Crippen LogP contribution in [0.4, 0.5) is 5.95 Å². The highest BCUT2D eigenvalue weighted by atomic mass is 16.5. The van der Waals surface area contributed by atoms with Crippen molar-refractivity contribution in [2.24, 2.45) is 0 Å². The highest BCUT2D eigenvalue weighted by molar-refractivity contribution is 5.35. The summed E-state index contributed by atoms with van der Waals surface area (Å²) < 4.78 is 5.36. The molecule has 0 saturated carbocycles. The second-order valence-electron chi connectivity index (χ2n) is 5.40. The number of hydrogen-bond acceptors (Lipinski definition) is 4. The Morgan fingerprint density at radius 1 is 1.19 bits per heavy atom. The molecular weight excluding hydrogens is 262 g/mol. The maximum Gasteiger partial charge on any atom is 0.223 e. The van der Waals surface area contributed by atoms with Gasteiger partial charge in [-0.25, -0.2) is 9.97 Å². The SMILES string of the molecule is COc1ccccc1CCNc1nc(C)cc(C(C)C)n1. The molecule has 1 heterocycles. The standard InChI is InChI=1S/C17H23N3O/c1-12(2)15-11-13(3)19-17(20-15)18-10-9-14-7-5-6-8-16(14)21-4/h5-8,11-12H,9-10H2,1-4H3,(H,18,19,20). The van der Waals surface area contributed by atoms with Gasteiger partial charge in [-0.3, -0.25) is 0 Å². The Labute approximate surface area is 126 Å². The summed E-state index contributed by atoms with van der Waals surface area (Å²) in [6.45, 7) is 7.06. The van der Waals surface area contributed by atoms with Crippen molar-refractivity contribution in [3.05, 3.63) is 47.3 Å². The number of nitrogens with one attached hydrogen (secondary N) is 1. The number of aryl methyl sites for hydroxylation is 1. The van der Waals surface area contributed by atoms with Gasteiger partial charge in [0, 0.05) is 17.9 Å². The first-order valence-electron chi connectivity index (χ1n) is 7.31. The smallest absolute Gasteiger partial charge is 0.223 e. The van der Waals surface area contributed by atoms with Gasteiger partial charge in [0.05, 0.1) is 7.11 Å². The zero-order chi connectivity index (χ0) is 15.2. The molecule has 0 aliphatic carbocycles. The summed E-state index contributed by atoms with van der Waals surface area (Å²) in [5, 5.41) is 3.30. The van der Waals surface area contributed by atoms with E-state index in [4.69, 9.17) is 4.74 Å². The lowest BCUT2D eigenvalue weighted by Gasteiger charge is -2.11. The van der Waals surface area contributed by atoms with Crippen molar-refractivity contribution in [1.29, 1.82) is 0 Å². The number of ether oxygens (including phenoxy) is 1. The second kappa shape index (κ2) is 7.07. The molecule has 0 aliphatic heterocycles. The zero-order valence-corrected chi connectivity index (χ0v) is 13.2. The normalized spacial score (nSPS) is 10.7. The molecule has 2 aromatic rings. The van der Waals surface area contributed by atoms with E-state index in [0.717, 1.165) is 30.1 Å². The first-order chi connectivity index (χ1) is 10.1. The topological polar surface area (TPSA) is 47.0 Å². The van der Waals surface area contributed by atoms with Crippen molar-refractivity contribution >= 4 is 5.95 Å². The molecule has 0 unspecified atom stereocenters. The van der Waals surface area contributed by atoms with Crippen LogP contribution in [0.25, 0.3) is 0 Å². The number of benzene rings is 1. The largest absolute Gasteiger partial charge is 0.496 e. The minimum absolute atomic E-state index is 0.404. The number of methoxy groups -OCH3 is 1. The monoisotopic (exact) mass is 285 g/mol. The molecule has 4 nitrogen and oxygen atoms in total. The summed E-state index contributed by atoms with van der Waals surface area (Å²) in [6, 6.07) is 10.1. The maximum absolute atomic E-state index is 5.36. The fraction of sp³-hybridized carbons (Fsp3) is 0.412. The zero-order valence-electron chi connectivity index (χ0n) is 13.2. The fourth-order valence-corrected chi connectivity index (χ4v) is 2.19. The van der Waals surface area contributed by atoms with Gasteiger partial charge in [0.2, 0.25) is 5.95 Å². The maximum atomic E-state index is 5.36. The summed E-state index contributed by atoms with van der Waals surface area (Å²) >= 11 is 0. The van der Waals surface area contributed by atoms with Crippen molar-refractivity contribution in [3.8, 4) is 5.75 Å². The van der Waals surface area contributed by atoms with Crippen LogP contribution in [0.1, 0.15) is 36.7 Å². The highest BCUT2D eigenvalue weighted by Crippen LogP contribution is 2.18. The van der Waals surface area contributed by atoms with E-state index in [0.29, 0.717) is 11.9 Å². The number of nitrogens with zero attached hydrogens (tertiary/aromatic N) is 2. The molecule has 0 spiro atoms. The summed E-state index contributed by atoms with van der Waals surface area (Å²) in [5.41, 5.74) is 3.25. The number of para-hydroxylation sites is 1. The number of anilines is 1. The Morgan fingerprint density at radius 2 is 1.95 bits per heavy atom. The molecule has 0 radical (unpaired) electrons. The predicted molar refractivity (Wildman–Crippen MR) is 86.0 cm³/mol. The first kappa shape index (κ1) is 15.3. The second-order valence-corrected chi connectivity index (χ2v) is 5.40.